The van der Waals surface area contributed by atoms with Gasteiger partial charge in [-0.15, -0.1) is 0 Å². The van der Waals surface area contributed by atoms with Crippen molar-refractivity contribution in [3.05, 3.63) is 29.8 Å². The van der Waals surface area contributed by atoms with E-state index in [0.717, 1.165) is 37.7 Å². The number of carbonyl (C=O) groups excluding carboxylic acids is 3. The minimum absolute atomic E-state index is 0.0165. The highest BCUT2D eigenvalue weighted by Gasteiger charge is 2.26. The molecule has 1 fully saturated rings. The van der Waals surface area contributed by atoms with Crippen molar-refractivity contribution in [1.29, 1.82) is 0 Å². The number of carbonyl (C=O) groups is 3. The van der Waals surface area contributed by atoms with Crippen molar-refractivity contribution in [2.45, 2.75) is 75.8 Å². The second-order valence-corrected chi connectivity index (χ2v) is 9.65. The molecule has 0 aliphatic carbocycles. The number of hydrogen-bond donors (Lipinski definition) is 4. The largest absolute Gasteiger partial charge is 0.354 e. The van der Waals surface area contributed by atoms with Gasteiger partial charge in [0.05, 0.1) is 4.90 Å². The average molecular weight is 467 g/mol. The van der Waals surface area contributed by atoms with Crippen molar-refractivity contribution in [3.63, 3.8) is 0 Å². The molecular weight excluding hydrogens is 432 g/mol. The normalized spacial score (nSPS) is 17.8. The van der Waals surface area contributed by atoms with Crippen molar-refractivity contribution in [2.75, 3.05) is 13.1 Å². The molecule has 3 amide bonds. The molecule has 1 aromatic carbocycles. The van der Waals surface area contributed by atoms with Gasteiger partial charge >= 0.3 is 6.03 Å². The van der Waals surface area contributed by atoms with E-state index in [1.807, 2.05) is 18.6 Å². The highest BCUT2D eigenvalue weighted by molar-refractivity contribution is 7.90. The van der Waals surface area contributed by atoms with Crippen LogP contribution in [0.5, 0.6) is 0 Å². The van der Waals surface area contributed by atoms with Crippen LogP contribution in [0.4, 0.5) is 4.79 Å². The van der Waals surface area contributed by atoms with Crippen LogP contribution in [0.25, 0.3) is 0 Å². The number of amides is 3. The van der Waals surface area contributed by atoms with Crippen molar-refractivity contribution >= 4 is 27.7 Å². The van der Waals surface area contributed by atoms with E-state index in [1.165, 1.54) is 12.1 Å². The van der Waals surface area contributed by atoms with E-state index < -0.39 is 22.1 Å². The second-order valence-electron chi connectivity index (χ2n) is 7.97. The number of rotatable bonds is 10. The first-order valence-electron chi connectivity index (χ1n) is 11.2. The van der Waals surface area contributed by atoms with Gasteiger partial charge in [-0.3, -0.25) is 14.9 Å². The number of Topliss-reactive ketones (excluding diaryl/α,β-unsaturated/α-hetero) is 1. The van der Waals surface area contributed by atoms with Crippen LogP contribution in [0.15, 0.2) is 29.2 Å². The lowest BCUT2D eigenvalue weighted by Gasteiger charge is -2.16. The van der Waals surface area contributed by atoms with E-state index in [9.17, 15) is 22.8 Å². The Bertz CT molecular complexity index is 886. The molecule has 0 aromatic heterocycles. The fraction of sp³-hybridized carbons (Fsp3) is 0.591. The Balaban J connectivity index is 1.85. The molecule has 1 saturated heterocycles. The Morgan fingerprint density at radius 3 is 2.53 bits per heavy atom. The summed E-state index contributed by atoms with van der Waals surface area (Å²) in [6, 6.07) is 4.51. The van der Waals surface area contributed by atoms with E-state index in [4.69, 9.17) is 0 Å². The van der Waals surface area contributed by atoms with Crippen molar-refractivity contribution in [3.8, 4) is 0 Å². The fourth-order valence-electron chi connectivity index (χ4n) is 3.56. The van der Waals surface area contributed by atoms with Gasteiger partial charge in [0.2, 0.25) is 5.91 Å². The summed E-state index contributed by atoms with van der Waals surface area (Å²) >= 11 is 0. The number of nitrogens with one attached hydrogen (secondary N) is 4. The third kappa shape index (κ3) is 7.90. The van der Waals surface area contributed by atoms with Crippen molar-refractivity contribution in [1.82, 2.24) is 20.7 Å². The summed E-state index contributed by atoms with van der Waals surface area (Å²) in [6.07, 6.45) is 4.94. The summed E-state index contributed by atoms with van der Waals surface area (Å²) in [6.45, 7) is 4.90. The molecule has 2 rings (SSSR count). The maximum atomic E-state index is 12.5. The standard InChI is InChI=1S/C22H34N4O5S/c1-3-7-17(4-2)25-22(29)26-32(30,31)18-11-9-16(10-12-18)13-15-24-21(28)20-19(27)8-5-6-14-23-20/h9-12,17,20,23H,3-8,13-15H2,1-2H3,(H,24,28)(H2,25,26,29). The van der Waals surface area contributed by atoms with Crippen molar-refractivity contribution in [2.24, 2.45) is 0 Å². The van der Waals surface area contributed by atoms with Gasteiger partial charge in [0.15, 0.2) is 5.78 Å². The number of ketones is 1. The van der Waals surface area contributed by atoms with E-state index in [-0.39, 0.29) is 22.6 Å². The van der Waals surface area contributed by atoms with Crippen LogP contribution in [-0.4, -0.2) is 51.3 Å². The minimum atomic E-state index is -3.98. The molecule has 10 heteroatoms. The smallest absolute Gasteiger partial charge is 0.328 e. The van der Waals surface area contributed by atoms with E-state index in [0.29, 0.717) is 25.9 Å². The third-order valence-electron chi connectivity index (χ3n) is 5.42. The van der Waals surface area contributed by atoms with Gasteiger partial charge in [-0.1, -0.05) is 32.4 Å². The number of benzene rings is 1. The molecule has 2 unspecified atom stereocenters. The zero-order valence-electron chi connectivity index (χ0n) is 18.8. The van der Waals surface area contributed by atoms with E-state index in [1.54, 1.807) is 12.1 Å². The van der Waals surface area contributed by atoms with Crippen LogP contribution in [0.1, 0.15) is 57.9 Å². The summed E-state index contributed by atoms with van der Waals surface area (Å²) in [5.41, 5.74) is 0.822. The number of urea groups is 1. The zero-order valence-corrected chi connectivity index (χ0v) is 19.6. The van der Waals surface area contributed by atoms with E-state index >= 15 is 0 Å². The maximum absolute atomic E-state index is 12.5. The first-order chi connectivity index (χ1) is 15.3. The lowest BCUT2D eigenvalue weighted by Crippen LogP contribution is -2.48. The number of sulfonamides is 1. The molecule has 1 aliphatic heterocycles. The van der Waals surface area contributed by atoms with Crippen LogP contribution in [0, 0.1) is 0 Å². The molecule has 0 bridgehead atoms. The quantitative estimate of drug-likeness (QED) is 0.387. The number of hydrogen-bond acceptors (Lipinski definition) is 6. The van der Waals surface area contributed by atoms with Gasteiger partial charge < -0.3 is 10.6 Å². The zero-order chi connectivity index (χ0) is 23.6. The van der Waals surface area contributed by atoms with Crippen LogP contribution >= 0.6 is 0 Å². The van der Waals surface area contributed by atoms with Crippen LogP contribution < -0.4 is 20.7 Å². The Morgan fingerprint density at radius 2 is 1.88 bits per heavy atom. The van der Waals surface area contributed by atoms with Crippen LogP contribution in [-0.2, 0) is 26.0 Å². The SMILES string of the molecule is CCCC(CC)NC(=O)NS(=O)(=O)c1ccc(CCNC(=O)C2NCCCCC2=O)cc1. The molecule has 0 saturated carbocycles. The predicted molar refractivity (Wildman–Crippen MR) is 122 cm³/mol. The molecule has 0 spiro atoms. The van der Waals surface area contributed by atoms with Crippen molar-refractivity contribution < 1.29 is 22.8 Å². The molecule has 0 radical (unpaired) electrons. The molecule has 1 aromatic rings. The first-order valence-corrected chi connectivity index (χ1v) is 12.7. The van der Waals surface area contributed by atoms with Gasteiger partial charge in [0.25, 0.3) is 10.0 Å². The molecule has 32 heavy (non-hydrogen) atoms. The third-order valence-corrected chi connectivity index (χ3v) is 6.77. The van der Waals surface area contributed by atoms with Gasteiger partial charge in [-0.2, -0.15) is 0 Å². The molecular formula is C22H34N4O5S. The molecule has 4 N–H and O–H groups in total. The molecule has 2 atom stereocenters. The summed E-state index contributed by atoms with van der Waals surface area (Å²) in [5.74, 6) is -0.425. The highest BCUT2D eigenvalue weighted by Crippen LogP contribution is 2.11. The summed E-state index contributed by atoms with van der Waals surface area (Å²) < 4.78 is 26.9. The van der Waals surface area contributed by atoms with E-state index in [2.05, 4.69) is 16.0 Å². The summed E-state index contributed by atoms with van der Waals surface area (Å²) in [7, 11) is -3.98. The second kappa shape index (κ2) is 12.5. The van der Waals surface area contributed by atoms with Gasteiger partial charge in [0.1, 0.15) is 6.04 Å². The fourth-order valence-corrected chi connectivity index (χ4v) is 4.47. The van der Waals surface area contributed by atoms with Gasteiger partial charge in [-0.25, -0.2) is 17.9 Å². The van der Waals surface area contributed by atoms with Crippen LogP contribution in [0.3, 0.4) is 0 Å². The Morgan fingerprint density at radius 1 is 1.16 bits per heavy atom. The molecule has 178 valence electrons. The molecule has 1 aliphatic rings. The Hall–Kier alpha value is -2.46. The Labute approximate surface area is 190 Å². The van der Waals surface area contributed by atoms with Crippen LogP contribution in [0.2, 0.25) is 0 Å². The Kier molecular flexibility index (Phi) is 10.1. The minimum Gasteiger partial charge on any atom is -0.354 e. The summed E-state index contributed by atoms with van der Waals surface area (Å²) in [5, 5.41) is 8.41. The highest BCUT2D eigenvalue weighted by atomic mass is 32.2. The molecule has 1 heterocycles. The summed E-state index contributed by atoms with van der Waals surface area (Å²) in [4.78, 5) is 36.3. The lowest BCUT2D eigenvalue weighted by atomic mass is 10.1. The first kappa shape index (κ1) is 25.8. The average Bonchev–Trinajstić information content (AvgIpc) is 2.97. The maximum Gasteiger partial charge on any atom is 0.328 e. The molecule has 9 nitrogen and oxygen atoms in total. The van der Waals surface area contributed by atoms with Gasteiger partial charge in [0, 0.05) is 19.0 Å². The predicted octanol–water partition coefficient (Wildman–Crippen LogP) is 1.62. The van der Waals surface area contributed by atoms with Gasteiger partial charge in [-0.05, 0) is 56.3 Å². The lowest BCUT2D eigenvalue weighted by molar-refractivity contribution is -0.130. The monoisotopic (exact) mass is 466 g/mol. The topological polar surface area (TPSA) is 133 Å².